The lowest BCUT2D eigenvalue weighted by Gasteiger charge is -2.33. The van der Waals surface area contributed by atoms with Crippen LogP contribution in [0.3, 0.4) is 0 Å². The molecule has 0 aromatic carbocycles. The second-order valence-electron chi connectivity index (χ2n) is 3.81. The quantitative estimate of drug-likeness (QED) is 0.601. The average molecular weight is 243 g/mol. The molecule has 0 saturated carbocycles. The third-order valence-corrected chi connectivity index (χ3v) is 2.81. The smallest absolute Gasteiger partial charge is 0.355 e. The number of ether oxygens (including phenoxy) is 1. The van der Waals surface area contributed by atoms with Crippen LogP contribution in [0.15, 0.2) is 6.20 Å². The highest BCUT2D eigenvalue weighted by Gasteiger charge is 2.35. The van der Waals surface area contributed by atoms with Crippen molar-refractivity contribution in [3.05, 3.63) is 11.9 Å². The Bertz CT molecular complexity index is 407. The zero-order valence-corrected chi connectivity index (χ0v) is 8.93. The Morgan fingerprint density at radius 2 is 2.41 bits per heavy atom. The average Bonchev–Trinajstić information content (AvgIpc) is 2.78. The number of carboxylic acid groups (broad SMARTS) is 1. The van der Waals surface area contributed by atoms with E-state index in [0.29, 0.717) is 13.0 Å². The van der Waals surface area contributed by atoms with Gasteiger partial charge in [-0.1, -0.05) is 5.21 Å². The monoisotopic (exact) mass is 243 g/mol. The highest BCUT2D eigenvalue weighted by atomic mass is 16.5. The Morgan fingerprint density at radius 1 is 1.65 bits per heavy atom. The predicted molar refractivity (Wildman–Crippen MR) is 53.5 cm³/mol. The van der Waals surface area contributed by atoms with Gasteiger partial charge < -0.3 is 20.1 Å². The molecule has 8 heteroatoms. The molecule has 0 radical (unpaired) electrons. The third kappa shape index (κ3) is 2.14. The Balaban J connectivity index is 2.26. The SMILES string of the molecule is O=C(O)c1cnnn1C1CCOC(CO)C1O. The van der Waals surface area contributed by atoms with Gasteiger partial charge in [0, 0.05) is 6.61 Å². The lowest BCUT2D eigenvalue weighted by Crippen LogP contribution is -2.45. The highest BCUT2D eigenvalue weighted by Crippen LogP contribution is 2.25. The Kier molecular flexibility index (Phi) is 3.36. The van der Waals surface area contributed by atoms with E-state index in [1.807, 2.05) is 0 Å². The van der Waals surface area contributed by atoms with Crippen LogP contribution in [0.5, 0.6) is 0 Å². The van der Waals surface area contributed by atoms with Crippen LogP contribution in [0.25, 0.3) is 0 Å². The molecule has 1 aliphatic rings. The molecule has 94 valence electrons. The number of carboxylic acids is 1. The van der Waals surface area contributed by atoms with Gasteiger partial charge in [0.25, 0.3) is 0 Å². The zero-order chi connectivity index (χ0) is 12.4. The fourth-order valence-electron chi connectivity index (χ4n) is 1.93. The van der Waals surface area contributed by atoms with E-state index in [-0.39, 0.29) is 12.3 Å². The van der Waals surface area contributed by atoms with Gasteiger partial charge in [-0.05, 0) is 6.42 Å². The van der Waals surface area contributed by atoms with E-state index in [0.717, 1.165) is 10.9 Å². The maximum atomic E-state index is 10.9. The molecule has 3 unspecified atom stereocenters. The molecule has 0 aliphatic carbocycles. The third-order valence-electron chi connectivity index (χ3n) is 2.81. The largest absolute Gasteiger partial charge is 0.476 e. The summed E-state index contributed by atoms with van der Waals surface area (Å²) in [5.41, 5.74) is -0.0901. The van der Waals surface area contributed by atoms with Crippen LogP contribution in [0.2, 0.25) is 0 Å². The molecule has 1 aromatic heterocycles. The van der Waals surface area contributed by atoms with Crippen LogP contribution in [0.4, 0.5) is 0 Å². The van der Waals surface area contributed by atoms with Crippen LogP contribution < -0.4 is 0 Å². The summed E-state index contributed by atoms with van der Waals surface area (Å²) in [6.45, 7) is 0.000636. The number of nitrogens with zero attached hydrogens (tertiary/aromatic N) is 3. The van der Waals surface area contributed by atoms with E-state index < -0.39 is 24.2 Å². The lowest BCUT2D eigenvalue weighted by atomic mass is 10.00. The first-order valence-corrected chi connectivity index (χ1v) is 5.19. The van der Waals surface area contributed by atoms with Crippen molar-refractivity contribution in [3.63, 3.8) is 0 Å². The molecule has 1 saturated heterocycles. The number of hydrogen-bond donors (Lipinski definition) is 3. The summed E-state index contributed by atoms with van der Waals surface area (Å²) in [4.78, 5) is 10.9. The van der Waals surface area contributed by atoms with E-state index in [1.54, 1.807) is 0 Å². The van der Waals surface area contributed by atoms with E-state index in [4.69, 9.17) is 14.9 Å². The molecule has 1 aromatic rings. The number of aromatic nitrogens is 3. The van der Waals surface area contributed by atoms with E-state index >= 15 is 0 Å². The number of aliphatic hydroxyl groups is 2. The number of carbonyl (C=O) groups is 1. The lowest BCUT2D eigenvalue weighted by molar-refractivity contribution is -0.120. The van der Waals surface area contributed by atoms with E-state index in [9.17, 15) is 9.90 Å². The predicted octanol–water partition coefficient (Wildman–Crippen LogP) is -1.34. The maximum Gasteiger partial charge on any atom is 0.355 e. The van der Waals surface area contributed by atoms with Crippen LogP contribution in [-0.4, -0.2) is 61.7 Å². The van der Waals surface area contributed by atoms with Gasteiger partial charge in [0.2, 0.25) is 0 Å². The minimum absolute atomic E-state index is 0.0901. The van der Waals surface area contributed by atoms with Crippen LogP contribution in [0.1, 0.15) is 23.0 Å². The van der Waals surface area contributed by atoms with Crippen molar-refractivity contribution in [1.82, 2.24) is 15.0 Å². The Labute approximate surface area is 96.4 Å². The summed E-state index contributed by atoms with van der Waals surface area (Å²) in [7, 11) is 0. The van der Waals surface area contributed by atoms with Crippen molar-refractivity contribution in [2.45, 2.75) is 24.7 Å². The van der Waals surface area contributed by atoms with Crippen LogP contribution in [-0.2, 0) is 4.74 Å². The summed E-state index contributed by atoms with van der Waals surface area (Å²) in [5.74, 6) is -1.16. The first kappa shape index (κ1) is 12.0. The van der Waals surface area contributed by atoms with Crippen molar-refractivity contribution in [2.24, 2.45) is 0 Å². The molecule has 0 bridgehead atoms. The molecule has 0 spiro atoms. The van der Waals surface area contributed by atoms with Gasteiger partial charge in [-0.2, -0.15) is 0 Å². The Hall–Kier alpha value is -1.51. The fraction of sp³-hybridized carbons (Fsp3) is 0.667. The molecule has 3 atom stereocenters. The summed E-state index contributed by atoms with van der Waals surface area (Å²) in [5, 5.41) is 35.1. The molecule has 0 amide bonds. The fourth-order valence-corrected chi connectivity index (χ4v) is 1.93. The van der Waals surface area contributed by atoms with E-state index in [2.05, 4.69) is 10.3 Å². The molecular formula is C9H13N3O5. The summed E-state index contributed by atoms with van der Waals surface area (Å²) >= 11 is 0. The number of hydrogen-bond acceptors (Lipinski definition) is 6. The maximum absolute atomic E-state index is 10.9. The molecular weight excluding hydrogens is 230 g/mol. The second-order valence-corrected chi connectivity index (χ2v) is 3.81. The minimum Gasteiger partial charge on any atom is -0.476 e. The Morgan fingerprint density at radius 3 is 3.06 bits per heavy atom. The van der Waals surface area contributed by atoms with Gasteiger partial charge in [0.1, 0.15) is 12.2 Å². The molecule has 2 rings (SSSR count). The molecule has 2 heterocycles. The second kappa shape index (κ2) is 4.78. The molecule has 17 heavy (non-hydrogen) atoms. The van der Waals surface area contributed by atoms with Crippen LogP contribution in [0, 0.1) is 0 Å². The first-order chi connectivity index (χ1) is 8.15. The topological polar surface area (TPSA) is 118 Å². The summed E-state index contributed by atoms with van der Waals surface area (Å²) < 4.78 is 6.32. The molecule has 1 fully saturated rings. The van der Waals surface area contributed by atoms with Crippen molar-refractivity contribution in [3.8, 4) is 0 Å². The van der Waals surface area contributed by atoms with Gasteiger partial charge in [0.05, 0.1) is 18.8 Å². The van der Waals surface area contributed by atoms with Crippen molar-refractivity contribution in [2.75, 3.05) is 13.2 Å². The van der Waals surface area contributed by atoms with Crippen molar-refractivity contribution >= 4 is 5.97 Å². The van der Waals surface area contributed by atoms with Gasteiger partial charge in [-0.3, -0.25) is 0 Å². The normalized spacial score (nSPS) is 29.2. The van der Waals surface area contributed by atoms with Gasteiger partial charge in [-0.15, -0.1) is 5.10 Å². The number of aliphatic hydroxyl groups excluding tert-OH is 2. The van der Waals surface area contributed by atoms with Gasteiger partial charge >= 0.3 is 5.97 Å². The first-order valence-electron chi connectivity index (χ1n) is 5.19. The summed E-state index contributed by atoms with van der Waals surface area (Å²) in [6, 6.07) is -0.547. The zero-order valence-electron chi connectivity index (χ0n) is 8.93. The summed E-state index contributed by atoms with van der Waals surface area (Å²) in [6.07, 6.45) is -0.187. The van der Waals surface area contributed by atoms with Gasteiger partial charge in [-0.25, -0.2) is 9.48 Å². The van der Waals surface area contributed by atoms with Crippen molar-refractivity contribution in [1.29, 1.82) is 0 Å². The van der Waals surface area contributed by atoms with E-state index in [1.165, 1.54) is 0 Å². The number of rotatable bonds is 3. The van der Waals surface area contributed by atoms with Crippen LogP contribution >= 0.6 is 0 Å². The standard InChI is InChI=1S/C9H13N3O5/c13-4-7-8(14)5(1-2-17-7)12-6(9(15)16)3-10-11-12/h3,5,7-8,13-14H,1-2,4H2,(H,15,16). The number of aromatic carboxylic acids is 1. The molecule has 3 N–H and O–H groups in total. The minimum atomic E-state index is -1.16. The highest BCUT2D eigenvalue weighted by molar-refractivity contribution is 5.85. The molecule has 1 aliphatic heterocycles. The van der Waals surface area contributed by atoms with Gasteiger partial charge in [0.15, 0.2) is 5.69 Å². The molecule has 8 nitrogen and oxygen atoms in total. The van der Waals surface area contributed by atoms with Crippen molar-refractivity contribution < 1.29 is 24.9 Å².